The lowest BCUT2D eigenvalue weighted by atomic mass is 10.1. The molecule has 1 aromatic heterocycles. The fourth-order valence-corrected chi connectivity index (χ4v) is 2.37. The lowest BCUT2D eigenvalue weighted by molar-refractivity contribution is -0.384. The minimum atomic E-state index is -0.510. The first-order chi connectivity index (χ1) is 12.2. The monoisotopic (exact) mass is 358 g/mol. The normalized spacial score (nSPS) is 12.1. The molecule has 1 amide bonds. The molecule has 0 bridgehead atoms. The van der Waals surface area contributed by atoms with E-state index in [2.05, 4.69) is 5.32 Å². The molecular formula is C17H18N4O5. The number of nitro groups is 1. The number of carbonyl (C=O) groups excluding carboxylic acids is 1. The maximum atomic E-state index is 12.1. The molecule has 9 heteroatoms. The van der Waals surface area contributed by atoms with Crippen molar-refractivity contribution in [3.05, 3.63) is 78.6 Å². The zero-order chi connectivity index (χ0) is 19.4. The highest BCUT2D eigenvalue weighted by Gasteiger charge is 2.12. The van der Waals surface area contributed by atoms with E-state index in [1.807, 2.05) is 0 Å². The van der Waals surface area contributed by atoms with Crippen molar-refractivity contribution in [1.29, 1.82) is 0 Å². The third kappa shape index (κ3) is 4.12. The highest BCUT2D eigenvalue weighted by atomic mass is 16.6. The summed E-state index contributed by atoms with van der Waals surface area (Å²) >= 11 is 0. The number of aryl methyl sites for hydroxylation is 1. The Labute approximate surface area is 148 Å². The average Bonchev–Trinajstić information content (AvgIpc) is 2.61. The topological polar surface area (TPSA) is 116 Å². The van der Waals surface area contributed by atoms with Gasteiger partial charge in [-0.25, -0.2) is 4.79 Å². The molecular weight excluding hydrogens is 340 g/mol. The zero-order valence-electron chi connectivity index (χ0n) is 14.5. The Hall–Kier alpha value is -3.49. The maximum absolute atomic E-state index is 12.1. The van der Waals surface area contributed by atoms with Crippen molar-refractivity contribution in [3.8, 4) is 0 Å². The van der Waals surface area contributed by atoms with Crippen molar-refractivity contribution in [2.75, 3.05) is 0 Å². The first kappa shape index (κ1) is 18.8. The van der Waals surface area contributed by atoms with E-state index in [4.69, 9.17) is 0 Å². The molecule has 0 aliphatic heterocycles. The third-order valence-electron chi connectivity index (χ3n) is 3.83. The first-order valence-corrected chi connectivity index (χ1v) is 7.70. The lowest BCUT2D eigenvalue weighted by Crippen LogP contribution is -2.37. The van der Waals surface area contributed by atoms with Gasteiger partial charge < -0.3 is 9.88 Å². The Balaban J connectivity index is 2.15. The van der Waals surface area contributed by atoms with Gasteiger partial charge in [0, 0.05) is 38.5 Å². The van der Waals surface area contributed by atoms with Crippen LogP contribution in [-0.2, 0) is 18.9 Å². The number of carbonyl (C=O) groups is 1. The number of non-ortho nitro benzene ring substituents is 1. The first-order valence-electron chi connectivity index (χ1n) is 7.70. The lowest BCUT2D eigenvalue weighted by Gasteiger charge is -2.12. The molecule has 0 saturated carbocycles. The summed E-state index contributed by atoms with van der Waals surface area (Å²) in [6.45, 7) is 1.69. The number of benzene rings is 1. The Morgan fingerprint density at radius 1 is 1.31 bits per heavy atom. The minimum absolute atomic E-state index is 0.0622. The summed E-state index contributed by atoms with van der Waals surface area (Å²) in [6, 6.07) is 5.50. The summed E-state index contributed by atoms with van der Waals surface area (Å²) in [6.07, 6.45) is 3.84. The van der Waals surface area contributed by atoms with Gasteiger partial charge in [0.1, 0.15) is 0 Å². The Morgan fingerprint density at radius 3 is 2.65 bits per heavy atom. The number of rotatable bonds is 5. The van der Waals surface area contributed by atoms with Crippen molar-refractivity contribution < 1.29 is 9.72 Å². The van der Waals surface area contributed by atoms with Gasteiger partial charge in [0.2, 0.25) is 5.91 Å². The van der Waals surface area contributed by atoms with E-state index < -0.39 is 28.1 Å². The largest absolute Gasteiger partial charge is 0.346 e. The van der Waals surface area contributed by atoms with Crippen LogP contribution in [0, 0.1) is 10.1 Å². The van der Waals surface area contributed by atoms with Gasteiger partial charge in [-0.3, -0.25) is 24.3 Å². The number of hydrogen-bond acceptors (Lipinski definition) is 5. The van der Waals surface area contributed by atoms with Crippen LogP contribution in [0.1, 0.15) is 24.1 Å². The second-order valence-electron chi connectivity index (χ2n) is 5.76. The van der Waals surface area contributed by atoms with Crippen LogP contribution in [0.4, 0.5) is 5.69 Å². The molecule has 0 aliphatic carbocycles. The van der Waals surface area contributed by atoms with Crippen LogP contribution in [0.15, 0.2) is 46.1 Å². The third-order valence-corrected chi connectivity index (χ3v) is 3.83. The standard InChI is InChI=1S/C17H18N4O5/c1-11(12-5-4-6-14(9-12)21(25)26)18-15(22)8-7-13-10-19(2)17(24)20(3)16(13)23/h4-11H,1-3H3,(H,18,22). The molecule has 26 heavy (non-hydrogen) atoms. The molecule has 1 heterocycles. The molecule has 0 spiro atoms. The number of nitrogens with zero attached hydrogens (tertiary/aromatic N) is 3. The van der Waals surface area contributed by atoms with E-state index in [0.29, 0.717) is 5.56 Å². The molecule has 1 atom stereocenters. The Bertz CT molecular complexity index is 1000. The summed E-state index contributed by atoms with van der Waals surface area (Å²) in [5, 5.41) is 13.5. The Kier molecular flexibility index (Phi) is 5.51. The number of nitro benzene ring substituents is 1. The smallest absolute Gasteiger partial charge is 0.330 e. The number of aromatic nitrogens is 2. The minimum Gasteiger partial charge on any atom is -0.346 e. The second-order valence-corrected chi connectivity index (χ2v) is 5.76. The summed E-state index contributed by atoms with van der Waals surface area (Å²) < 4.78 is 2.19. The van der Waals surface area contributed by atoms with Crippen LogP contribution in [-0.4, -0.2) is 20.0 Å². The molecule has 136 valence electrons. The molecule has 1 unspecified atom stereocenters. The predicted octanol–water partition coefficient (Wildman–Crippen LogP) is 0.883. The molecule has 1 aromatic carbocycles. The molecule has 0 aliphatic rings. The number of nitrogens with one attached hydrogen (secondary N) is 1. The van der Waals surface area contributed by atoms with Gasteiger partial charge in [0.25, 0.3) is 11.2 Å². The zero-order valence-corrected chi connectivity index (χ0v) is 14.5. The maximum Gasteiger partial charge on any atom is 0.330 e. The summed E-state index contributed by atoms with van der Waals surface area (Å²) in [5.41, 5.74) is -0.264. The SMILES string of the molecule is CC(NC(=O)C=Cc1cn(C)c(=O)n(C)c1=O)c1cccc([N+](=O)[O-])c1. The highest BCUT2D eigenvalue weighted by Crippen LogP contribution is 2.18. The summed E-state index contributed by atoms with van der Waals surface area (Å²) in [4.78, 5) is 46.0. The van der Waals surface area contributed by atoms with Crippen molar-refractivity contribution >= 4 is 17.7 Å². The van der Waals surface area contributed by atoms with Crippen molar-refractivity contribution in [2.24, 2.45) is 14.1 Å². The van der Waals surface area contributed by atoms with Crippen LogP contribution in [0.2, 0.25) is 0 Å². The molecule has 9 nitrogen and oxygen atoms in total. The van der Waals surface area contributed by atoms with E-state index in [9.17, 15) is 24.5 Å². The summed E-state index contributed by atoms with van der Waals surface area (Å²) in [7, 11) is 2.86. The quantitative estimate of drug-likeness (QED) is 0.484. The van der Waals surface area contributed by atoms with Gasteiger partial charge in [-0.1, -0.05) is 12.1 Å². The molecule has 0 saturated heterocycles. The van der Waals surface area contributed by atoms with Crippen molar-refractivity contribution in [1.82, 2.24) is 14.5 Å². The molecule has 0 radical (unpaired) electrons. The van der Waals surface area contributed by atoms with Crippen LogP contribution in [0.3, 0.4) is 0 Å². The predicted molar refractivity (Wildman–Crippen MR) is 95.6 cm³/mol. The van der Waals surface area contributed by atoms with Crippen molar-refractivity contribution in [3.63, 3.8) is 0 Å². The molecule has 2 aromatic rings. The molecule has 2 rings (SSSR count). The molecule has 0 fully saturated rings. The fraction of sp³-hybridized carbons (Fsp3) is 0.235. The molecule has 1 N–H and O–H groups in total. The van der Waals surface area contributed by atoms with Gasteiger partial charge in [-0.05, 0) is 18.6 Å². The summed E-state index contributed by atoms with van der Waals surface area (Å²) in [5.74, 6) is -0.472. The number of amides is 1. The van der Waals surface area contributed by atoms with E-state index >= 15 is 0 Å². The van der Waals surface area contributed by atoms with Crippen LogP contribution in [0.25, 0.3) is 6.08 Å². The van der Waals surface area contributed by atoms with Gasteiger partial charge in [-0.15, -0.1) is 0 Å². The Morgan fingerprint density at radius 2 is 2.00 bits per heavy atom. The van der Waals surface area contributed by atoms with Crippen molar-refractivity contribution in [2.45, 2.75) is 13.0 Å². The van der Waals surface area contributed by atoms with Crippen LogP contribution < -0.4 is 16.6 Å². The van der Waals surface area contributed by atoms with Crippen LogP contribution >= 0.6 is 0 Å². The van der Waals surface area contributed by atoms with Gasteiger partial charge in [0.15, 0.2) is 0 Å². The average molecular weight is 358 g/mol. The number of hydrogen-bond donors (Lipinski definition) is 1. The second kappa shape index (κ2) is 7.60. The van der Waals surface area contributed by atoms with E-state index in [0.717, 1.165) is 4.57 Å². The van der Waals surface area contributed by atoms with Crippen LogP contribution in [0.5, 0.6) is 0 Å². The van der Waals surface area contributed by atoms with Gasteiger partial charge >= 0.3 is 5.69 Å². The van der Waals surface area contributed by atoms with E-state index in [1.165, 1.54) is 49.1 Å². The fourth-order valence-electron chi connectivity index (χ4n) is 2.37. The highest BCUT2D eigenvalue weighted by molar-refractivity contribution is 5.91. The van der Waals surface area contributed by atoms with E-state index in [-0.39, 0.29) is 11.3 Å². The van der Waals surface area contributed by atoms with Gasteiger partial charge in [-0.2, -0.15) is 0 Å². The van der Waals surface area contributed by atoms with E-state index in [1.54, 1.807) is 19.1 Å². The van der Waals surface area contributed by atoms with Gasteiger partial charge in [0.05, 0.1) is 16.5 Å².